The van der Waals surface area contributed by atoms with Gasteiger partial charge in [-0.15, -0.1) is 0 Å². The van der Waals surface area contributed by atoms with Crippen LogP contribution in [0.2, 0.25) is 5.02 Å². The van der Waals surface area contributed by atoms with Gasteiger partial charge in [-0.2, -0.15) is 0 Å². The quantitative estimate of drug-likeness (QED) is 0.576. The Morgan fingerprint density at radius 2 is 1.77 bits per heavy atom. The van der Waals surface area contributed by atoms with Gasteiger partial charge in [0.15, 0.2) is 6.10 Å². The Hall–Kier alpha value is -2.99. The van der Waals surface area contributed by atoms with Crippen LogP contribution in [0.1, 0.15) is 17.3 Å². The molecule has 2 aromatic rings. The summed E-state index contributed by atoms with van der Waals surface area (Å²) in [6.07, 6.45) is 0.715. The van der Waals surface area contributed by atoms with Crippen molar-refractivity contribution in [3.05, 3.63) is 71.8 Å². The Labute approximate surface area is 156 Å². The Morgan fingerprint density at radius 3 is 2.46 bits per heavy atom. The summed E-state index contributed by atoms with van der Waals surface area (Å²) >= 11 is 5.99. The molecule has 1 atom stereocenters. The molecule has 0 radical (unpaired) electrons. The van der Waals surface area contributed by atoms with E-state index in [1.54, 1.807) is 61.5 Å². The van der Waals surface area contributed by atoms with Crippen molar-refractivity contribution in [2.75, 3.05) is 6.61 Å². The lowest BCUT2D eigenvalue weighted by Crippen LogP contribution is -2.47. The van der Waals surface area contributed by atoms with Crippen LogP contribution in [-0.2, 0) is 4.79 Å². The highest BCUT2D eigenvalue weighted by Crippen LogP contribution is 2.24. The van der Waals surface area contributed by atoms with Crippen molar-refractivity contribution < 1.29 is 19.1 Å². The molecular weight excluding hydrogens is 356 g/mol. The Morgan fingerprint density at radius 1 is 1.12 bits per heavy atom. The van der Waals surface area contributed by atoms with E-state index >= 15 is 0 Å². The standard InChI is InChI=1S/C19H19ClN2O4/c1-3-12-25-16-10-6-4-8-14(16)19(24)22-21-18(23)13(2)26-17-11-7-5-9-15(17)20/h3-11,13H,1,12H2,2H3,(H,21,23)(H,22,24). The van der Waals surface area contributed by atoms with E-state index in [4.69, 9.17) is 21.1 Å². The van der Waals surface area contributed by atoms with Crippen molar-refractivity contribution >= 4 is 23.4 Å². The molecule has 1 unspecified atom stereocenters. The van der Waals surface area contributed by atoms with Crippen molar-refractivity contribution in [1.82, 2.24) is 10.9 Å². The summed E-state index contributed by atoms with van der Waals surface area (Å²) in [7, 11) is 0. The molecule has 7 heteroatoms. The Balaban J connectivity index is 1.93. The molecule has 2 amide bonds. The van der Waals surface area contributed by atoms with E-state index in [0.29, 0.717) is 16.5 Å². The fourth-order valence-corrected chi connectivity index (χ4v) is 2.18. The number of ether oxygens (including phenoxy) is 2. The minimum absolute atomic E-state index is 0.263. The van der Waals surface area contributed by atoms with Crippen molar-refractivity contribution in [3.63, 3.8) is 0 Å². The zero-order valence-corrected chi connectivity index (χ0v) is 15.0. The lowest BCUT2D eigenvalue weighted by Gasteiger charge is -2.16. The molecule has 0 heterocycles. The minimum Gasteiger partial charge on any atom is -0.489 e. The Kier molecular flexibility index (Phi) is 7.05. The molecule has 26 heavy (non-hydrogen) atoms. The summed E-state index contributed by atoms with van der Waals surface area (Å²) in [5.74, 6) is -0.267. The summed E-state index contributed by atoms with van der Waals surface area (Å²) in [5.41, 5.74) is 4.95. The first kappa shape index (κ1) is 19.3. The lowest BCUT2D eigenvalue weighted by molar-refractivity contribution is -0.128. The number of hydrogen-bond donors (Lipinski definition) is 2. The average Bonchev–Trinajstić information content (AvgIpc) is 2.66. The topological polar surface area (TPSA) is 76.7 Å². The van der Waals surface area contributed by atoms with E-state index in [0.717, 1.165) is 0 Å². The molecule has 2 aromatic carbocycles. The number of nitrogens with one attached hydrogen (secondary N) is 2. The van der Waals surface area contributed by atoms with E-state index in [-0.39, 0.29) is 12.2 Å². The summed E-state index contributed by atoms with van der Waals surface area (Å²) in [4.78, 5) is 24.4. The predicted octanol–water partition coefficient (Wildman–Crippen LogP) is 3.13. The first-order valence-corrected chi connectivity index (χ1v) is 8.25. The van der Waals surface area contributed by atoms with Gasteiger partial charge >= 0.3 is 0 Å². The minimum atomic E-state index is -0.859. The molecule has 2 N–H and O–H groups in total. The molecule has 0 bridgehead atoms. The first-order chi connectivity index (χ1) is 12.5. The zero-order valence-electron chi connectivity index (χ0n) is 14.2. The maximum atomic E-state index is 12.3. The molecule has 2 rings (SSSR count). The normalized spacial score (nSPS) is 11.2. The molecule has 0 aliphatic rings. The van der Waals surface area contributed by atoms with Gasteiger partial charge in [0.1, 0.15) is 18.1 Å². The maximum absolute atomic E-state index is 12.3. The van der Waals surface area contributed by atoms with Gasteiger partial charge in [0.05, 0.1) is 10.6 Å². The number of rotatable bonds is 7. The molecule has 0 fully saturated rings. The third-order valence-corrected chi connectivity index (χ3v) is 3.61. The number of halogens is 1. The highest BCUT2D eigenvalue weighted by Gasteiger charge is 2.18. The summed E-state index contributed by atoms with van der Waals surface area (Å²) in [5, 5.41) is 0.393. The van der Waals surface area contributed by atoms with Crippen molar-refractivity contribution in [1.29, 1.82) is 0 Å². The van der Waals surface area contributed by atoms with Gasteiger partial charge in [0.25, 0.3) is 11.8 Å². The van der Waals surface area contributed by atoms with Gasteiger partial charge in [-0.25, -0.2) is 0 Å². The van der Waals surface area contributed by atoms with Crippen LogP contribution in [0.4, 0.5) is 0 Å². The highest BCUT2D eigenvalue weighted by atomic mass is 35.5. The van der Waals surface area contributed by atoms with Crippen molar-refractivity contribution in [2.45, 2.75) is 13.0 Å². The van der Waals surface area contributed by atoms with E-state index < -0.39 is 17.9 Å². The Bertz CT molecular complexity index is 795. The van der Waals surface area contributed by atoms with Crippen molar-refractivity contribution in [2.24, 2.45) is 0 Å². The number of para-hydroxylation sites is 2. The average molecular weight is 375 g/mol. The molecule has 0 saturated heterocycles. The van der Waals surface area contributed by atoms with E-state index in [1.165, 1.54) is 0 Å². The second kappa shape index (κ2) is 9.48. The summed E-state index contributed by atoms with van der Waals surface area (Å²) < 4.78 is 10.9. The van der Waals surface area contributed by atoms with Gasteiger partial charge in [-0.1, -0.05) is 48.5 Å². The predicted molar refractivity (Wildman–Crippen MR) is 99.3 cm³/mol. The number of benzene rings is 2. The third-order valence-electron chi connectivity index (χ3n) is 3.30. The third kappa shape index (κ3) is 5.26. The maximum Gasteiger partial charge on any atom is 0.279 e. The molecule has 0 spiro atoms. The number of hydrogen-bond acceptors (Lipinski definition) is 4. The molecule has 0 aliphatic heterocycles. The van der Waals surface area contributed by atoms with Gasteiger partial charge in [-0.3, -0.25) is 20.4 Å². The van der Waals surface area contributed by atoms with Crippen LogP contribution in [0.25, 0.3) is 0 Å². The fraction of sp³-hybridized carbons (Fsp3) is 0.158. The van der Waals surface area contributed by atoms with E-state index in [1.807, 2.05) is 0 Å². The molecule has 136 valence electrons. The van der Waals surface area contributed by atoms with Crippen LogP contribution in [0.5, 0.6) is 11.5 Å². The number of amides is 2. The molecule has 0 saturated carbocycles. The van der Waals surface area contributed by atoms with Gasteiger partial charge in [-0.05, 0) is 31.2 Å². The summed E-state index contributed by atoms with van der Waals surface area (Å²) in [6.45, 7) is 5.37. The first-order valence-electron chi connectivity index (χ1n) is 7.87. The van der Waals surface area contributed by atoms with Crippen LogP contribution >= 0.6 is 11.6 Å². The van der Waals surface area contributed by atoms with Crippen molar-refractivity contribution in [3.8, 4) is 11.5 Å². The number of carbonyl (C=O) groups excluding carboxylic acids is 2. The number of hydrazine groups is 1. The van der Waals surface area contributed by atoms with Gasteiger partial charge < -0.3 is 9.47 Å². The van der Waals surface area contributed by atoms with Crippen LogP contribution in [0, 0.1) is 0 Å². The molecular formula is C19H19ClN2O4. The second-order valence-corrected chi connectivity index (χ2v) is 5.64. The summed E-state index contributed by atoms with van der Waals surface area (Å²) in [6, 6.07) is 13.5. The zero-order chi connectivity index (χ0) is 18.9. The molecule has 0 aromatic heterocycles. The van der Waals surface area contributed by atoms with Crippen LogP contribution in [0.15, 0.2) is 61.2 Å². The van der Waals surface area contributed by atoms with Crippen LogP contribution < -0.4 is 20.3 Å². The smallest absolute Gasteiger partial charge is 0.279 e. The van der Waals surface area contributed by atoms with E-state index in [9.17, 15) is 9.59 Å². The largest absolute Gasteiger partial charge is 0.489 e. The van der Waals surface area contributed by atoms with Gasteiger partial charge in [0.2, 0.25) is 0 Å². The van der Waals surface area contributed by atoms with Gasteiger partial charge in [0, 0.05) is 0 Å². The highest BCUT2D eigenvalue weighted by molar-refractivity contribution is 6.32. The molecule has 6 nitrogen and oxygen atoms in total. The van der Waals surface area contributed by atoms with Crippen LogP contribution in [0.3, 0.4) is 0 Å². The molecule has 0 aliphatic carbocycles. The monoisotopic (exact) mass is 374 g/mol. The van der Waals surface area contributed by atoms with E-state index in [2.05, 4.69) is 17.4 Å². The second-order valence-electron chi connectivity index (χ2n) is 5.23. The SMILES string of the molecule is C=CCOc1ccccc1C(=O)NNC(=O)C(C)Oc1ccccc1Cl. The van der Waals surface area contributed by atoms with Crippen LogP contribution in [-0.4, -0.2) is 24.5 Å². The fourth-order valence-electron chi connectivity index (χ4n) is 2.00. The number of carbonyl (C=O) groups is 2. The lowest BCUT2D eigenvalue weighted by atomic mass is 10.2.